The van der Waals surface area contributed by atoms with Crippen LogP contribution >= 0.6 is 23.2 Å². The number of rotatable bonds is 11. The van der Waals surface area contributed by atoms with Crippen LogP contribution in [0.15, 0.2) is 48.7 Å². The highest BCUT2D eigenvalue weighted by molar-refractivity contribution is 6.33. The Morgan fingerprint density at radius 2 is 1.28 bits per heavy atom. The number of aliphatic carboxylic acids is 1. The summed E-state index contributed by atoms with van der Waals surface area (Å²) in [6, 6.07) is 3.82. The van der Waals surface area contributed by atoms with Gasteiger partial charge >= 0.3 is 5.97 Å². The van der Waals surface area contributed by atoms with E-state index in [1.54, 1.807) is 52.1 Å². The molecular formula is C41H50Cl2N8O9. The lowest BCUT2D eigenvalue weighted by atomic mass is 9.96. The second-order valence-electron chi connectivity index (χ2n) is 15.3. The molecule has 3 heterocycles. The molecule has 2 aromatic heterocycles. The second-order valence-corrected chi connectivity index (χ2v) is 16.2. The molecule has 60 heavy (non-hydrogen) atoms. The minimum Gasteiger partial charge on any atom is -0.481 e. The standard InChI is InChI=1S/C41H50Cl2N8O9/c1-5-20(4)34-41(60)46-27(12-13-32(53)54)36(55)49-31(18-52)39(58)50-33(19(2)3)40(59)48-29(14-21-17-44-26-9-7-6-8-23(21)26)37(56)47-30(38(57)51-34)16-25-24-11-10-22(42)15-28(24)45-35(25)43/h6-11,15,17,19-20,27,29-31,33-34,44-45,52H,5,12-14,16,18H2,1-4H3,(H,46,60)(H,47,56)(H,48,59)(H,49,55)(H,50,58)(H,51,57)(H,53,54)/t20-,27-,29-,30-,31+,33-,34+/m1/s1. The number of hydrogen-bond donors (Lipinski definition) is 10. The molecule has 1 aliphatic rings. The Kier molecular flexibility index (Phi) is 15.2. The summed E-state index contributed by atoms with van der Waals surface area (Å²) in [5.41, 5.74) is 2.44. The number of carboxylic acids is 1. The number of carbonyl (C=O) groups is 7. The van der Waals surface area contributed by atoms with Crippen LogP contribution in [-0.4, -0.2) is 104 Å². The van der Waals surface area contributed by atoms with Crippen molar-refractivity contribution in [3.63, 3.8) is 0 Å². The van der Waals surface area contributed by atoms with E-state index in [-0.39, 0.29) is 18.0 Å². The number of carbonyl (C=O) groups excluding carboxylic acids is 6. The molecular weight excluding hydrogens is 819 g/mol. The topological polar surface area (TPSA) is 264 Å². The van der Waals surface area contributed by atoms with Crippen LogP contribution in [0.5, 0.6) is 0 Å². The Bertz CT molecular complexity index is 2260. The molecule has 5 rings (SSSR count). The van der Waals surface area contributed by atoms with Crippen LogP contribution in [-0.2, 0) is 46.4 Å². The first kappa shape index (κ1) is 45.4. The van der Waals surface area contributed by atoms with Crippen molar-refractivity contribution < 1.29 is 43.8 Å². The Balaban J connectivity index is 1.62. The molecule has 0 spiro atoms. The van der Waals surface area contributed by atoms with Crippen molar-refractivity contribution in [2.24, 2.45) is 11.8 Å². The molecule has 2 aromatic carbocycles. The van der Waals surface area contributed by atoms with Gasteiger partial charge in [-0.25, -0.2) is 0 Å². The molecule has 1 fully saturated rings. The van der Waals surface area contributed by atoms with Crippen molar-refractivity contribution in [3.8, 4) is 0 Å². The van der Waals surface area contributed by atoms with Crippen LogP contribution in [0.1, 0.15) is 58.1 Å². The van der Waals surface area contributed by atoms with Gasteiger partial charge in [0.1, 0.15) is 41.4 Å². The lowest BCUT2D eigenvalue weighted by Gasteiger charge is -2.31. The van der Waals surface area contributed by atoms with E-state index in [4.69, 9.17) is 23.2 Å². The average molecular weight is 870 g/mol. The van der Waals surface area contributed by atoms with Gasteiger partial charge in [0, 0.05) is 52.3 Å². The minimum atomic E-state index is -1.63. The van der Waals surface area contributed by atoms with Crippen molar-refractivity contribution >= 4 is 86.4 Å². The normalized spacial score (nSPS) is 23.2. The molecule has 17 nitrogen and oxygen atoms in total. The number of benzene rings is 2. The molecule has 1 aliphatic heterocycles. The van der Waals surface area contributed by atoms with Crippen LogP contribution in [0.2, 0.25) is 10.2 Å². The quantitative estimate of drug-likeness (QED) is 0.106. The molecule has 0 unspecified atom stereocenters. The minimum absolute atomic E-state index is 0.0635. The molecule has 19 heteroatoms. The summed E-state index contributed by atoms with van der Waals surface area (Å²) in [6.45, 7) is 5.81. The van der Waals surface area contributed by atoms with Gasteiger partial charge in [-0.3, -0.25) is 33.6 Å². The number of nitrogens with one attached hydrogen (secondary N) is 8. The van der Waals surface area contributed by atoms with Crippen LogP contribution in [0.4, 0.5) is 0 Å². The molecule has 10 N–H and O–H groups in total. The predicted molar refractivity (Wildman–Crippen MR) is 224 cm³/mol. The third-order valence-corrected chi connectivity index (χ3v) is 11.3. The number of para-hydroxylation sites is 1. The van der Waals surface area contributed by atoms with Gasteiger partial charge in [0.2, 0.25) is 35.4 Å². The first-order valence-corrected chi connectivity index (χ1v) is 20.4. The van der Waals surface area contributed by atoms with E-state index in [0.717, 1.165) is 10.9 Å². The van der Waals surface area contributed by atoms with Crippen LogP contribution in [0, 0.1) is 11.8 Å². The highest BCUT2D eigenvalue weighted by Crippen LogP contribution is 2.30. The van der Waals surface area contributed by atoms with E-state index in [2.05, 4.69) is 41.9 Å². The van der Waals surface area contributed by atoms with Crippen molar-refractivity contribution in [1.29, 1.82) is 0 Å². The fourth-order valence-corrected chi connectivity index (χ4v) is 7.53. The van der Waals surface area contributed by atoms with Crippen LogP contribution in [0.3, 0.4) is 0 Å². The average Bonchev–Trinajstić information content (AvgIpc) is 3.76. The van der Waals surface area contributed by atoms with Crippen molar-refractivity contribution in [3.05, 3.63) is 70.0 Å². The zero-order chi connectivity index (χ0) is 43.8. The maximum Gasteiger partial charge on any atom is 0.303 e. The summed E-state index contributed by atoms with van der Waals surface area (Å²) >= 11 is 12.9. The van der Waals surface area contributed by atoms with Gasteiger partial charge in [-0.15, -0.1) is 0 Å². The fourth-order valence-electron chi connectivity index (χ4n) is 7.08. The van der Waals surface area contributed by atoms with Gasteiger partial charge in [0.15, 0.2) is 0 Å². The van der Waals surface area contributed by atoms with Crippen molar-refractivity contribution in [1.82, 2.24) is 41.9 Å². The van der Waals surface area contributed by atoms with Gasteiger partial charge in [-0.05, 0) is 47.6 Å². The Hall–Kier alpha value is -5.65. The molecule has 0 bridgehead atoms. The Labute approximate surface area is 355 Å². The summed E-state index contributed by atoms with van der Waals surface area (Å²) < 4.78 is 0. The van der Waals surface area contributed by atoms with E-state index in [1.807, 2.05) is 24.3 Å². The Morgan fingerprint density at radius 3 is 1.97 bits per heavy atom. The molecule has 322 valence electrons. The molecule has 0 saturated carbocycles. The summed E-state index contributed by atoms with van der Waals surface area (Å²) in [4.78, 5) is 102. The molecule has 7 atom stereocenters. The van der Waals surface area contributed by atoms with Gasteiger partial charge in [0.05, 0.1) is 6.61 Å². The Morgan fingerprint density at radius 1 is 0.700 bits per heavy atom. The zero-order valence-corrected chi connectivity index (χ0v) is 35.0. The molecule has 6 amide bonds. The maximum absolute atomic E-state index is 14.6. The number of halogens is 2. The summed E-state index contributed by atoms with van der Waals surface area (Å²) in [5, 5.41) is 37.3. The number of H-pyrrole nitrogens is 2. The van der Waals surface area contributed by atoms with Crippen LogP contribution < -0.4 is 31.9 Å². The highest BCUT2D eigenvalue weighted by atomic mass is 35.5. The number of fused-ring (bicyclic) bond motifs is 2. The van der Waals surface area contributed by atoms with Gasteiger partial charge in [0.25, 0.3) is 0 Å². The number of aliphatic hydroxyl groups excluding tert-OH is 1. The third kappa shape index (κ3) is 10.9. The number of aromatic nitrogens is 2. The second kappa shape index (κ2) is 20.1. The van der Waals surface area contributed by atoms with Crippen molar-refractivity contribution in [2.75, 3.05) is 6.61 Å². The van der Waals surface area contributed by atoms with Crippen molar-refractivity contribution in [2.45, 2.75) is 96.1 Å². The number of amides is 6. The van der Waals surface area contributed by atoms with Gasteiger partial charge < -0.3 is 52.1 Å². The fraction of sp³-hybridized carbons (Fsp3) is 0.439. The predicted octanol–water partition coefficient (Wildman–Crippen LogP) is 2.22. The summed E-state index contributed by atoms with van der Waals surface area (Å²) in [6.07, 6.45) is 0.827. The molecule has 0 radical (unpaired) electrons. The number of aliphatic hydroxyl groups is 1. The first-order valence-electron chi connectivity index (χ1n) is 19.7. The largest absolute Gasteiger partial charge is 0.481 e. The van der Waals surface area contributed by atoms with Crippen LogP contribution in [0.25, 0.3) is 21.8 Å². The van der Waals surface area contributed by atoms with E-state index < -0.39 is 109 Å². The summed E-state index contributed by atoms with van der Waals surface area (Å²) in [7, 11) is 0. The van der Waals surface area contributed by atoms with Gasteiger partial charge in [-0.2, -0.15) is 0 Å². The third-order valence-electron chi connectivity index (χ3n) is 10.7. The highest BCUT2D eigenvalue weighted by Gasteiger charge is 2.37. The smallest absolute Gasteiger partial charge is 0.303 e. The monoisotopic (exact) mass is 868 g/mol. The van der Waals surface area contributed by atoms with E-state index in [9.17, 15) is 43.8 Å². The first-order chi connectivity index (χ1) is 28.5. The van der Waals surface area contributed by atoms with Gasteiger partial charge in [-0.1, -0.05) is 81.6 Å². The SMILES string of the molecule is CC[C@@H](C)[C@@H]1NC(=O)[C@@H](Cc2c(Cl)[nH]c3cc(Cl)ccc23)NC(=O)[C@@H](Cc2c[nH]c3ccccc23)NC(=O)[C@@H](C(C)C)NC(=O)[C@H](CO)NC(=O)[C@@H](CCC(=O)O)NC1=O. The number of aromatic amines is 2. The molecule has 4 aromatic rings. The molecule has 0 aliphatic carbocycles. The van der Waals surface area contributed by atoms with E-state index in [0.29, 0.717) is 33.5 Å². The molecule has 1 saturated heterocycles. The zero-order valence-electron chi connectivity index (χ0n) is 33.5. The number of hydrogen-bond acceptors (Lipinski definition) is 8. The van der Waals surface area contributed by atoms with E-state index in [1.165, 1.54) is 0 Å². The lowest BCUT2D eigenvalue weighted by Crippen LogP contribution is -2.63. The lowest BCUT2D eigenvalue weighted by molar-refractivity contribution is -0.139. The number of carboxylic acid groups (broad SMARTS) is 1. The van der Waals surface area contributed by atoms with E-state index >= 15 is 0 Å². The summed E-state index contributed by atoms with van der Waals surface area (Å²) in [5.74, 6) is -7.56. The maximum atomic E-state index is 14.6.